The van der Waals surface area contributed by atoms with Crippen LogP contribution in [0.3, 0.4) is 0 Å². The second-order valence-electron chi connectivity index (χ2n) is 11.5. The molecule has 7 rings (SSSR count). The first kappa shape index (κ1) is 28.0. The molecule has 1 aliphatic heterocycles. The number of fused-ring (bicyclic) bond motifs is 4. The molecule has 3 aromatic heterocycles. The zero-order valence-electron chi connectivity index (χ0n) is 24.1. The minimum Gasteiger partial charge on any atom is -0.504 e. The maximum absolute atomic E-state index is 6.34. The van der Waals surface area contributed by atoms with E-state index in [-0.39, 0.29) is 26.5 Å². The van der Waals surface area contributed by atoms with Gasteiger partial charge in [-0.2, -0.15) is 30.6 Å². The third-order valence-electron chi connectivity index (χ3n) is 7.53. The number of aromatic nitrogens is 3. The van der Waals surface area contributed by atoms with Gasteiger partial charge in [0.15, 0.2) is 0 Å². The van der Waals surface area contributed by atoms with E-state index >= 15 is 0 Å². The van der Waals surface area contributed by atoms with Crippen LogP contribution in [0.2, 0.25) is 0 Å². The van der Waals surface area contributed by atoms with Crippen molar-refractivity contribution >= 4 is 38.9 Å². The summed E-state index contributed by atoms with van der Waals surface area (Å²) in [4.78, 5) is 13.6. The molecule has 42 heavy (non-hydrogen) atoms. The standard InChI is InChI=1S/C35H30N5O.Pt/c1-23-18-25(39-22-38(5)30-12-8-9-13-31(30)39)20-34(37-23)41-26-14-15-28-27-10-6-7-11-29(27)40(32(28)21-26)33-19-24(16-17-36-33)35(2,3)4;/h6-19,22H,1-5H3;/q-3;. The molecule has 0 saturated carbocycles. The molecule has 0 N–H and O–H groups in total. The van der Waals surface area contributed by atoms with Gasteiger partial charge in [0.05, 0.1) is 0 Å². The second kappa shape index (κ2) is 10.6. The zero-order valence-corrected chi connectivity index (χ0v) is 26.4. The Hall–Kier alpha value is -4.15. The Bertz CT molecular complexity index is 1940. The zero-order chi connectivity index (χ0) is 28.3. The Morgan fingerprint density at radius 1 is 0.857 bits per heavy atom. The van der Waals surface area contributed by atoms with Gasteiger partial charge in [-0.15, -0.1) is 17.5 Å². The largest absolute Gasteiger partial charge is 0.504 e. The Morgan fingerprint density at radius 2 is 1.62 bits per heavy atom. The summed E-state index contributed by atoms with van der Waals surface area (Å²) in [5.41, 5.74) is 7.12. The van der Waals surface area contributed by atoms with Gasteiger partial charge in [0.2, 0.25) is 0 Å². The molecule has 6 nitrogen and oxygen atoms in total. The Kier molecular flexibility index (Phi) is 7.06. The van der Waals surface area contributed by atoms with Crippen molar-refractivity contribution in [3.05, 3.63) is 115 Å². The van der Waals surface area contributed by atoms with Gasteiger partial charge in [-0.25, -0.2) is 4.98 Å². The molecule has 1 aliphatic rings. The van der Waals surface area contributed by atoms with Crippen LogP contribution < -0.4 is 14.5 Å². The van der Waals surface area contributed by atoms with Crippen molar-refractivity contribution in [3.8, 4) is 17.4 Å². The summed E-state index contributed by atoms with van der Waals surface area (Å²) in [6, 6.07) is 33.9. The topological polar surface area (TPSA) is 46.4 Å². The maximum atomic E-state index is 6.34. The molecule has 214 valence electrons. The first-order valence-corrected chi connectivity index (χ1v) is 13.7. The van der Waals surface area contributed by atoms with E-state index in [9.17, 15) is 0 Å². The Morgan fingerprint density at radius 3 is 2.43 bits per heavy atom. The summed E-state index contributed by atoms with van der Waals surface area (Å²) in [5.74, 6) is 1.82. The maximum Gasteiger partial charge on any atom is 0.135 e. The molecular formula is C35H30N5OPt-3. The number of anilines is 3. The van der Waals surface area contributed by atoms with Gasteiger partial charge in [-0.1, -0.05) is 56.6 Å². The van der Waals surface area contributed by atoms with E-state index in [1.807, 2.05) is 44.4 Å². The van der Waals surface area contributed by atoms with Crippen LogP contribution in [0.4, 0.5) is 17.1 Å². The van der Waals surface area contributed by atoms with E-state index < -0.39 is 0 Å². The molecule has 0 fully saturated rings. The van der Waals surface area contributed by atoms with Gasteiger partial charge in [-0.05, 0) is 66.4 Å². The van der Waals surface area contributed by atoms with Crippen molar-refractivity contribution in [1.82, 2.24) is 14.5 Å². The molecule has 0 saturated heterocycles. The van der Waals surface area contributed by atoms with Crippen LogP contribution in [0.25, 0.3) is 27.6 Å². The van der Waals surface area contributed by atoms with E-state index in [0.717, 1.165) is 50.4 Å². The van der Waals surface area contributed by atoms with Gasteiger partial charge in [-0.3, -0.25) is 4.98 Å². The van der Waals surface area contributed by atoms with E-state index in [0.29, 0.717) is 11.6 Å². The van der Waals surface area contributed by atoms with E-state index in [1.54, 1.807) is 0 Å². The molecule has 4 heterocycles. The van der Waals surface area contributed by atoms with Gasteiger partial charge in [0, 0.05) is 49.9 Å². The first-order valence-electron chi connectivity index (χ1n) is 13.7. The predicted molar refractivity (Wildman–Crippen MR) is 165 cm³/mol. The number of hydrogen-bond donors (Lipinski definition) is 0. The van der Waals surface area contributed by atoms with Gasteiger partial charge in [0.1, 0.15) is 11.7 Å². The fraction of sp³-hybridized carbons (Fsp3) is 0.171. The number of aryl methyl sites for hydroxylation is 1. The number of pyridine rings is 2. The van der Waals surface area contributed by atoms with E-state index in [1.165, 1.54) is 5.56 Å². The minimum atomic E-state index is 0. The van der Waals surface area contributed by atoms with Crippen LogP contribution in [0.15, 0.2) is 85.1 Å². The fourth-order valence-corrected chi connectivity index (χ4v) is 5.48. The summed E-state index contributed by atoms with van der Waals surface area (Å²) in [6.45, 7) is 10.7. The molecule has 0 bridgehead atoms. The minimum absolute atomic E-state index is 0. The summed E-state index contributed by atoms with van der Waals surface area (Å²) in [5, 5.41) is 2.23. The predicted octanol–water partition coefficient (Wildman–Crippen LogP) is 8.28. The Labute approximate surface area is 260 Å². The van der Waals surface area contributed by atoms with Crippen LogP contribution in [0, 0.1) is 25.7 Å². The molecule has 0 radical (unpaired) electrons. The van der Waals surface area contributed by atoms with Gasteiger partial charge >= 0.3 is 0 Å². The summed E-state index contributed by atoms with van der Waals surface area (Å²) in [7, 11) is 2.04. The Balaban J connectivity index is 0.00000316. The fourth-order valence-electron chi connectivity index (χ4n) is 5.48. The molecule has 0 spiro atoms. The molecular weight excluding hydrogens is 701 g/mol. The van der Waals surface area contributed by atoms with Crippen LogP contribution in [0.1, 0.15) is 32.0 Å². The van der Waals surface area contributed by atoms with Crippen molar-refractivity contribution in [2.24, 2.45) is 0 Å². The SMILES string of the molecule is Cc1cc(N2[CH-]N(C)c3ccccc32)[c-]c(Oc2[c-]c3c(cc2)c2ccccc2n3-c2cc(C(C)(C)C)ccn2)n1.[Pt]. The third kappa shape index (κ3) is 4.84. The van der Waals surface area contributed by atoms with Gasteiger partial charge in [0.25, 0.3) is 0 Å². The normalized spacial score (nSPS) is 13.0. The number of nitrogens with zero attached hydrogens (tertiary/aromatic N) is 5. The molecule has 3 aromatic carbocycles. The van der Waals surface area contributed by atoms with Crippen LogP contribution >= 0.6 is 0 Å². The number of ether oxygens (including phenoxy) is 1. The molecule has 0 unspecified atom stereocenters. The number of benzene rings is 3. The quantitative estimate of drug-likeness (QED) is 0.171. The molecule has 0 aliphatic carbocycles. The molecule has 0 amide bonds. The summed E-state index contributed by atoms with van der Waals surface area (Å²) >= 11 is 0. The second-order valence-corrected chi connectivity index (χ2v) is 11.5. The van der Waals surface area contributed by atoms with Crippen molar-refractivity contribution < 1.29 is 25.8 Å². The first-order chi connectivity index (χ1) is 19.8. The molecule has 6 aromatic rings. The van der Waals surface area contributed by atoms with Crippen LogP contribution in [0.5, 0.6) is 11.6 Å². The van der Waals surface area contributed by atoms with E-state index in [4.69, 9.17) is 9.72 Å². The summed E-state index contributed by atoms with van der Waals surface area (Å²) in [6.07, 6.45) is 1.88. The third-order valence-corrected chi connectivity index (χ3v) is 7.53. The van der Waals surface area contributed by atoms with Gasteiger partial charge < -0.3 is 19.1 Å². The van der Waals surface area contributed by atoms with Crippen molar-refractivity contribution in [1.29, 1.82) is 0 Å². The van der Waals surface area contributed by atoms with Crippen LogP contribution in [-0.4, -0.2) is 21.6 Å². The monoisotopic (exact) mass is 731 g/mol. The van der Waals surface area contributed by atoms with E-state index in [2.05, 4.69) is 114 Å². The number of hydrogen-bond acceptors (Lipinski definition) is 5. The number of para-hydroxylation sites is 3. The van der Waals surface area contributed by atoms with Crippen molar-refractivity contribution in [3.63, 3.8) is 0 Å². The average Bonchev–Trinajstić information content (AvgIpc) is 3.47. The average molecular weight is 732 g/mol. The van der Waals surface area contributed by atoms with Crippen LogP contribution in [-0.2, 0) is 26.5 Å². The van der Waals surface area contributed by atoms with Crippen molar-refractivity contribution in [2.75, 3.05) is 16.8 Å². The molecule has 0 atom stereocenters. The number of rotatable bonds is 4. The molecule has 7 heteroatoms. The van der Waals surface area contributed by atoms with Crippen molar-refractivity contribution in [2.45, 2.75) is 33.1 Å². The summed E-state index contributed by atoms with van der Waals surface area (Å²) < 4.78 is 8.50. The smallest absolute Gasteiger partial charge is 0.135 e.